The first-order valence-electron chi connectivity index (χ1n) is 17.4. The van der Waals surface area contributed by atoms with Crippen LogP contribution in [-0.2, 0) is 52.5 Å². The number of fused-ring (bicyclic) bond motifs is 4. The lowest BCUT2D eigenvalue weighted by Gasteiger charge is -2.22. The summed E-state index contributed by atoms with van der Waals surface area (Å²) >= 11 is 6.63. The highest BCUT2D eigenvalue weighted by Crippen LogP contribution is 2.68. The zero-order chi connectivity index (χ0) is 40.8. The summed E-state index contributed by atoms with van der Waals surface area (Å²) in [5, 5.41) is 8.43. The largest absolute Gasteiger partial charge is 0.435 e. The van der Waals surface area contributed by atoms with Gasteiger partial charge in [-0.25, -0.2) is 32.2 Å². The minimum atomic E-state index is -5.05. The summed E-state index contributed by atoms with van der Waals surface area (Å²) in [6.45, 7) is -0.958. The number of halogens is 8. The Morgan fingerprint density at radius 3 is 2.37 bits per heavy atom. The van der Waals surface area contributed by atoms with Gasteiger partial charge in [0.25, 0.3) is 5.92 Å². The molecular weight excluding hydrogens is 803 g/mol. The third kappa shape index (κ3) is 7.17. The number of carbonyl (C=O) groups is 1. The molecule has 0 bridgehead atoms. The normalized spacial score (nSPS) is 17.8. The second kappa shape index (κ2) is 13.7. The van der Waals surface area contributed by atoms with Crippen LogP contribution in [0.4, 0.5) is 30.7 Å². The van der Waals surface area contributed by atoms with Gasteiger partial charge in [-0.15, -0.1) is 0 Å². The fourth-order valence-corrected chi connectivity index (χ4v) is 8.93. The maximum Gasteiger partial charge on any atom is 0.435 e. The van der Waals surface area contributed by atoms with E-state index in [1.807, 2.05) is 0 Å². The van der Waals surface area contributed by atoms with Crippen molar-refractivity contribution in [2.45, 2.75) is 55.5 Å². The van der Waals surface area contributed by atoms with Gasteiger partial charge in [0.05, 0.1) is 27.7 Å². The molecule has 57 heavy (non-hydrogen) atoms. The molecule has 0 N–H and O–H groups in total. The van der Waals surface area contributed by atoms with Gasteiger partial charge in [0, 0.05) is 72.1 Å². The second-order valence-electron chi connectivity index (χ2n) is 14.4. The van der Waals surface area contributed by atoms with E-state index in [2.05, 4.69) is 20.2 Å². The van der Waals surface area contributed by atoms with Crippen molar-refractivity contribution in [2.24, 2.45) is 13.0 Å². The number of pyridine rings is 1. The minimum Gasteiger partial charge on any atom is -0.298 e. The smallest absolute Gasteiger partial charge is 0.298 e. The Kier molecular flexibility index (Phi) is 9.29. The van der Waals surface area contributed by atoms with Crippen LogP contribution in [0.25, 0.3) is 33.5 Å². The van der Waals surface area contributed by atoms with Crippen molar-refractivity contribution in [2.75, 3.05) is 6.26 Å². The topological polar surface area (TPSA) is 126 Å². The van der Waals surface area contributed by atoms with E-state index in [4.69, 9.17) is 16.6 Å². The predicted molar refractivity (Wildman–Crippen MR) is 193 cm³/mol. The Morgan fingerprint density at radius 2 is 1.70 bits per heavy atom. The number of hydrogen-bond acceptors (Lipinski definition) is 8. The first-order valence-corrected chi connectivity index (χ1v) is 19.9. The molecule has 6 aromatic rings. The fourth-order valence-electron chi connectivity index (χ4n) is 7.97. The maximum absolute atomic E-state index is 15.4. The number of ketones is 1. The molecule has 0 radical (unpaired) electrons. The molecule has 2 aromatic carbocycles. The zero-order valence-electron chi connectivity index (χ0n) is 29.8. The summed E-state index contributed by atoms with van der Waals surface area (Å²) in [7, 11) is -2.01. The predicted octanol–water partition coefficient (Wildman–Crippen LogP) is 7.98. The van der Waals surface area contributed by atoms with Crippen molar-refractivity contribution < 1.29 is 43.9 Å². The van der Waals surface area contributed by atoms with Crippen LogP contribution < -0.4 is 0 Å². The van der Waals surface area contributed by atoms with Gasteiger partial charge in [-0.3, -0.25) is 14.2 Å². The van der Waals surface area contributed by atoms with Crippen molar-refractivity contribution in [3.05, 3.63) is 111 Å². The number of benzene rings is 2. The third-order valence-corrected chi connectivity index (χ3v) is 11.3. The van der Waals surface area contributed by atoms with Gasteiger partial charge in [0.15, 0.2) is 27.1 Å². The first kappa shape index (κ1) is 38.6. The van der Waals surface area contributed by atoms with Gasteiger partial charge in [-0.1, -0.05) is 23.7 Å². The molecule has 2 aliphatic carbocycles. The summed E-state index contributed by atoms with van der Waals surface area (Å²) in [4.78, 5) is 27.5. The van der Waals surface area contributed by atoms with Gasteiger partial charge in [0.2, 0.25) is 0 Å². The monoisotopic (exact) mass is 831 g/mol. The summed E-state index contributed by atoms with van der Waals surface area (Å²) in [5.74, 6) is -10.0. The summed E-state index contributed by atoms with van der Waals surface area (Å²) in [6.07, 6.45) is -2.03. The molecule has 2 aliphatic rings. The number of hydrogen-bond donors (Lipinski definition) is 0. The van der Waals surface area contributed by atoms with Crippen molar-refractivity contribution in [1.29, 1.82) is 0 Å². The van der Waals surface area contributed by atoms with Gasteiger partial charge < -0.3 is 0 Å². The van der Waals surface area contributed by atoms with E-state index in [0.29, 0.717) is 32.8 Å². The molecular formula is C38H29ClF7N7O3S. The first-order chi connectivity index (χ1) is 26.8. The number of nitrogens with zero attached hydrogens (tertiary/aromatic N) is 7. The van der Waals surface area contributed by atoms with E-state index in [1.54, 1.807) is 31.3 Å². The molecule has 1 fully saturated rings. The number of alkyl halides is 5. The second-order valence-corrected chi connectivity index (χ2v) is 17.0. The van der Waals surface area contributed by atoms with Crippen LogP contribution in [0.3, 0.4) is 0 Å². The van der Waals surface area contributed by atoms with Gasteiger partial charge in [-0.2, -0.15) is 32.1 Å². The fraction of sp³-hybridized carbons (Fsp3) is 0.316. The maximum atomic E-state index is 15.4. The van der Waals surface area contributed by atoms with E-state index in [0.717, 1.165) is 18.4 Å². The van der Waals surface area contributed by atoms with Crippen molar-refractivity contribution in [3.63, 3.8) is 0 Å². The molecule has 3 atom stereocenters. The molecule has 0 spiro atoms. The molecule has 0 aliphatic heterocycles. The van der Waals surface area contributed by atoms with Crippen LogP contribution in [0.5, 0.6) is 0 Å². The summed E-state index contributed by atoms with van der Waals surface area (Å²) < 4.78 is 129. The Bertz CT molecular complexity index is 2700. The van der Waals surface area contributed by atoms with Gasteiger partial charge in [-0.05, 0) is 54.7 Å². The van der Waals surface area contributed by atoms with Crippen LogP contribution in [0.1, 0.15) is 58.6 Å². The average molecular weight is 832 g/mol. The van der Waals surface area contributed by atoms with Crippen molar-refractivity contribution in [3.8, 4) is 22.6 Å². The lowest BCUT2D eigenvalue weighted by atomic mass is 9.86. The SMILES string of the molecule is Cn1nc(CS(C)(=O)=O)c2c(Cl)ccc(-c3ccc(-c4ncccn4)nc3[C@@H](CC(=O)Cn3nc(C(F)(F)F)c4c3C(F)(F)[C@@H]3C[C@H]43)Cc3cc(F)cc(F)c3)c21. The number of Topliss-reactive ketones (excluding diaryl/α,β-unsaturated/α-hetero) is 1. The van der Waals surface area contributed by atoms with E-state index < -0.39 is 92.8 Å². The molecule has 19 heteroatoms. The van der Waals surface area contributed by atoms with Gasteiger partial charge >= 0.3 is 6.18 Å². The Morgan fingerprint density at radius 1 is 1.02 bits per heavy atom. The summed E-state index contributed by atoms with van der Waals surface area (Å²) in [6, 6.07) is 10.7. The van der Waals surface area contributed by atoms with Crippen LogP contribution in [-0.4, -0.2) is 55.0 Å². The van der Waals surface area contributed by atoms with Crippen LogP contribution in [0.15, 0.2) is 60.9 Å². The Labute approximate surface area is 324 Å². The lowest BCUT2D eigenvalue weighted by molar-refractivity contribution is -0.142. The molecule has 296 valence electrons. The van der Waals surface area contributed by atoms with Crippen LogP contribution >= 0.6 is 11.6 Å². The highest BCUT2D eigenvalue weighted by atomic mass is 35.5. The Balaban J connectivity index is 1.29. The van der Waals surface area contributed by atoms with Gasteiger partial charge in [0.1, 0.15) is 29.6 Å². The summed E-state index contributed by atoms with van der Waals surface area (Å²) in [5.41, 5.74) is -1.28. The number of aryl methyl sites for hydroxylation is 1. The van der Waals surface area contributed by atoms with Crippen LogP contribution in [0, 0.1) is 17.6 Å². The van der Waals surface area contributed by atoms with E-state index >= 15 is 8.78 Å². The highest BCUT2D eigenvalue weighted by molar-refractivity contribution is 7.89. The Hall–Kier alpha value is -5.23. The molecule has 1 saturated carbocycles. The van der Waals surface area contributed by atoms with E-state index in [-0.39, 0.29) is 46.3 Å². The standard InChI is InChI=1S/C38H29ClF7N7O3S/c1-52-33-24(4-6-27(39)31(33)29(50-52)17-57(2,55)56)23-5-7-28(36-47-8-3-9-48-36)49-32(23)19(10-18-11-20(40)14-21(41)12-18)13-22(54)16-53-35-30(34(51-53)38(44,45)46)25-15-26(25)37(35,42)43/h3-9,11-12,14,19,25-26H,10,13,15-17H2,1-2H3/t19-,25+,26-/m1/s1. The molecule has 10 nitrogen and oxygen atoms in total. The minimum absolute atomic E-state index is 0.0857. The molecule has 0 amide bonds. The number of sulfone groups is 1. The molecule has 4 aromatic heterocycles. The van der Waals surface area contributed by atoms with Crippen LogP contribution in [0.2, 0.25) is 5.02 Å². The average Bonchev–Trinajstić information content (AvgIpc) is 3.66. The molecule has 8 rings (SSSR count). The van der Waals surface area contributed by atoms with E-state index in [9.17, 15) is 35.2 Å². The third-order valence-electron chi connectivity index (χ3n) is 10.2. The van der Waals surface area contributed by atoms with Crippen molar-refractivity contribution >= 4 is 38.1 Å². The lowest BCUT2D eigenvalue weighted by Crippen LogP contribution is -2.24. The van der Waals surface area contributed by atoms with Crippen molar-refractivity contribution in [1.82, 2.24) is 34.5 Å². The number of carbonyl (C=O) groups excluding carboxylic acids is 1. The van der Waals surface area contributed by atoms with E-state index in [1.165, 1.54) is 23.1 Å². The number of rotatable bonds is 11. The molecule has 4 heterocycles. The highest BCUT2D eigenvalue weighted by Gasteiger charge is 2.68. The molecule has 0 unspecified atom stereocenters. The zero-order valence-corrected chi connectivity index (χ0v) is 31.4. The quantitative estimate of drug-likeness (QED) is 0.120. The number of aromatic nitrogens is 7. The molecule has 0 saturated heterocycles.